The lowest BCUT2D eigenvalue weighted by Crippen LogP contribution is -2.23. The quantitative estimate of drug-likeness (QED) is 0.764. The van der Waals surface area contributed by atoms with Gasteiger partial charge in [0.1, 0.15) is 17.2 Å². The molecule has 0 N–H and O–H groups in total. The van der Waals surface area contributed by atoms with Crippen LogP contribution in [0.25, 0.3) is 0 Å². The third kappa shape index (κ3) is 3.79. The van der Waals surface area contributed by atoms with Gasteiger partial charge in [-0.2, -0.15) is 0 Å². The highest BCUT2D eigenvalue weighted by atomic mass is 16.5. The highest BCUT2D eigenvalue weighted by Gasteiger charge is 2.17. The summed E-state index contributed by atoms with van der Waals surface area (Å²) in [6.45, 7) is 3.71. The van der Waals surface area contributed by atoms with E-state index in [4.69, 9.17) is 14.2 Å². The Bertz CT molecular complexity index is 624. The van der Waals surface area contributed by atoms with E-state index in [9.17, 15) is 4.79 Å². The molecule has 0 spiro atoms. The maximum atomic E-state index is 12.4. The average Bonchev–Trinajstić information content (AvgIpc) is 2.54. The fourth-order valence-electron chi connectivity index (χ4n) is 2.06. The normalized spacial score (nSPS) is 11.6. The summed E-state index contributed by atoms with van der Waals surface area (Å²) < 4.78 is 16.1. The molecule has 0 aliphatic rings. The Hall–Kier alpha value is -2.49. The Morgan fingerprint density at radius 2 is 1.41 bits per heavy atom. The lowest BCUT2D eigenvalue weighted by molar-refractivity contribution is 0.0817. The zero-order valence-electron chi connectivity index (χ0n) is 13.3. The number of carbonyl (C=O) groups excluding carboxylic acids is 1. The number of hydrogen-bond acceptors (Lipinski definition) is 4. The van der Waals surface area contributed by atoms with Gasteiger partial charge in [-0.1, -0.05) is 29.8 Å². The fourth-order valence-corrected chi connectivity index (χ4v) is 2.06. The molecule has 4 heteroatoms. The summed E-state index contributed by atoms with van der Waals surface area (Å²) in [6.07, 6.45) is -0.598. The van der Waals surface area contributed by atoms with Crippen LogP contribution in [0.2, 0.25) is 0 Å². The van der Waals surface area contributed by atoms with Crippen LogP contribution in [-0.2, 0) is 0 Å². The number of aryl methyl sites for hydroxylation is 1. The first-order valence-corrected chi connectivity index (χ1v) is 7.04. The molecular weight excluding hydrogens is 280 g/mol. The van der Waals surface area contributed by atoms with E-state index < -0.39 is 6.10 Å². The van der Waals surface area contributed by atoms with Gasteiger partial charge in [0, 0.05) is 23.8 Å². The third-order valence-corrected chi connectivity index (χ3v) is 3.34. The van der Waals surface area contributed by atoms with Crippen molar-refractivity contribution < 1.29 is 19.0 Å². The van der Waals surface area contributed by atoms with Crippen molar-refractivity contribution >= 4 is 5.78 Å². The van der Waals surface area contributed by atoms with Crippen molar-refractivity contribution in [1.82, 2.24) is 0 Å². The van der Waals surface area contributed by atoms with Crippen molar-refractivity contribution in [2.75, 3.05) is 14.2 Å². The van der Waals surface area contributed by atoms with Crippen molar-refractivity contribution in [1.29, 1.82) is 0 Å². The minimum Gasteiger partial charge on any atom is -0.496 e. The number of hydrogen-bond donors (Lipinski definition) is 0. The molecular formula is C18H20O4. The SMILES string of the molecule is COc1cc(OC)cc(OC(C)C(=O)c2ccc(C)cc2)c1. The van der Waals surface area contributed by atoms with E-state index in [1.807, 2.05) is 31.2 Å². The Kier molecular flexibility index (Phi) is 5.04. The van der Waals surface area contributed by atoms with Gasteiger partial charge in [-0.15, -0.1) is 0 Å². The number of carbonyl (C=O) groups is 1. The van der Waals surface area contributed by atoms with Crippen LogP contribution in [0, 0.1) is 6.92 Å². The minimum atomic E-state index is -0.598. The van der Waals surface area contributed by atoms with Gasteiger partial charge < -0.3 is 14.2 Å². The van der Waals surface area contributed by atoms with Gasteiger partial charge in [-0.3, -0.25) is 4.79 Å². The molecule has 2 aromatic rings. The average molecular weight is 300 g/mol. The van der Waals surface area contributed by atoms with Crippen LogP contribution in [0.4, 0.5) is 0 Å². The Morgan fingerprint density at radius 1 is 0.909 bits per heavy atom. The van der Waals surface area contributed by atoms with Gasteiger partial charge in [0.15, 0.2) is 6.10 Å². The van der Waals surface area contributed by atoms with Gasteiger partial charge in [0.2, 0.25) is 5.78 Å². The van der Waals surface area contributed by atoms with Crippen molar-refractivity contribution in [3.63, 3.8) is 0 Å². The van der Waals surface area contributed by atoms with E-state index in [0.29, 0.717) is 22.8 Å². The number of benzene rings is 2. The van der Waals surface area contributed by atoms with Crippen molar-refractivity contribution in [2.24, 2.45) is 0 Å². The number of ketones is 1. The minimum absolute atomic E-state index is 0.0678. The molecule has 0 saturated carbocycles. The predicted octanol–water partition coefficient (Wildman–Crippen LogP) is 3.66. The molecule has 0 aliphatic heterocycles. The molecule has 0 aromatic heterocycles. The first-order chi connectivity index (χ1) is 10.5. The number of ether oxygens (including phenoxy) is 3. The summed E-state index contributed by atoms with van der Waals surface area (Å²) in [5, 5.41) is 0. The predicted molar refractivity (Wildman–Crippen MR) is 85.1 cm³/mol. The van der Waals surface area contributed by atoms with Crippen LogP contribution in [0.5, 0.6) is 17.2 Å². The second kappa shape index (κ2) is 6.98. The molecule has 2 rings (SSSR count). The van der Waals surface area contributed by atoms with E-state index in [2.05, 4.69) is 0 Å². The van der Waals surface area contributed by atoms with Crippen molar-refractivity contribution in [2.45, 2.75) is 20.0 Å². The fraction of sp³-hybridized carbons (Fsp3) is 0.278. The van der Waals surface area contributed by atoms with E-state index in [1.165, 1.54) is 0 Å². The van der Waals surface area contributed by atoms with Crippen LogP contribution in [-0.4, -0.2) is 26.1 Å². The van der Waals surface area contributed by atoms with E-state index in [-0.39, 0.29) is 5.78 Å². The van der Waals surface area contributed by atoms with Gasteiger partial charge >= 0.3 is 0 Å². The third-order valence-electron chi connectivity index (χ3n) is 3.34. The van der Waals surface area contributed by atoms with Crippen LogP contribution < -0.4 is 14.2 Å². The monoisotopic (exact) mass is 300 g/mol. The van der Waals surface area contributed by atoms with Gasteiger partial charge in [-0.25, -0.2) is 0 Å². The van der Waals surface area contributed by atoms with Crippen molar-refractivity contribution in [3.05, 3.63) is 53.6 Å². The summed E-state index contributed by atoms with van der Waals surface area (Å²) in [5.74, 6) is 1.69. The summed E-state index contributed by atoms with van der Waals surface area (Å²) in [7, 11) is 3.14. The summed E-state index contributed by atoms with van der Waals surface area (Å²) in [6, 6.07) is 12.6. The number of rotatable bonds is 6. The molecule has 0 amide bonds. The van der Waals surface area contributed by atoms with Crippen LogP contribution >= 0.6 is 0 Å². The lowest BCUT2D eigenvalue weighted by Gasteiger charge is -2.15. The first-order valence-electron chi connectivity index (χ1n) is 7.04. The molecule has 4 nitrogen and oxygen atoms in total. The molecule has 2 aromatic carbocycles. The van der Waals surface area contributed by atoms with Gasteiger partial charge in [0.05, 0.1) is 14.2 Å². The molecule has 1 atom stereocenters. The van der Waals surface area contributed by atoms with Crippen molar-refractivity contribution in [3.8, 4) is 17.2 Å². The molecule has 0 aliphatic carbocycles. The highest BCUT2D eigenvalue weighted by Crippen LogP contribution is 2.28. The summed E-state index contributed by atoms with van der Waals surface area (Å²) >= 11 is 0. The molecule has 0 fully saturated rings. The number of Topliss-reactive ketones (excluding diaryl/α,β-unsaturated/α-hetero) is 1. The maximum Gasteiger partial charge on any atom is 0.202 e. The Balaban J connectivity index is 2.15. The molecule has 0 bridgehead atoms. The smallest absolute Gasteiger partial charge is 0.202 e. The lowest BCUT2D eigenvalue weighted by atomic mass is 10.1. The van der Waals surface area contributed by atoms with E-state index in [0.717, 1.165) is 5.56 Å². The van der Waals surface area contributed by atoms with Crippen LogP contribution in [0.1, 0.15) is 22.8 Å². The molecule has 116 valence electrons. The van der Waals surface area contributed by atoms with E-state index >= 15 is 0 Å². The largest absolute Gasteiger partial charge is 0.496 e. The summed E-state index contributed by atoms with van der Waals surface area (Å²) in [5.41, 5.74) is 1.75. The zero-order chi connectivity index (χ0) is 16.1. The molecule has 0 saturated heterocycles. The molecule has 0 heterocycles. The van der Waals surface area contributed by atoms with Crippen LogP contribution in [0.15, 0.2) is 42.5 Å². The Morgan fingerprint density at radius 3 is 1.91 bits per heavy atom. The topological polar surface area (TPSA) is 44.8 Å². The highest BCUT2D eigenvalue weighted by molar-refractivity contribution is 5.99. The van der Waals surface area contributed by atoms with E-state index in [1.54, 1.807) is 39.3 Å². The standard InChI is InChI=1S/C18H20O4/c1-12-5-7-14(8-6-12)18(19)13(2)22-17-10-15(20-3)9-16(11-17)21-4/h5-11,13H,1-4H3. The maximum absolute atomic E-state index is 12.4. The van der Waals surface area contributed by atoms with Crippen LogP contribution in [0.3, 0.4) is 0 Å². The first kappa shape index (κ1) is 15.9. The molecule has 22 heavy (non-hydrogen) atoms. The van der Waals surface area contributed by atoms with Gasteiger partial charge in [0.25, 0.3) is 0 Å². The number of methoxy groups -OCH3 is 2. The Labute approximate surface area is 130 Å². The molecule has 1 unspecified atom stereocenters. The second-order valence-corrected chi connectivity index (χ2v) is 5.04. The zero-order valence-corrected chi connectivity index (χ0v) is 13.3. The second-order valence-electron chi connectivity index (χ2n) is 5.04. The van der Waals surface area contributed by atoms with Gasteiger partial charge in [-0.05, 0) is 13.8 Å². The summed E-state index contributed by atoms with van der Waals surface area (Å²) in [4.78, 5) is 12.4. The molecule has 0 radical (unpaired) electrons.